The van der Waals surface area contributed by atoms with Crippen molar-refractivity contribution >= 4 is 5.82 Å². The standard InChI is InChI=1S/C12H19N3O2/c1-14-7-5-13-11(12(14)17)15-6-2-3-10(9-15)4-8-16/h5,7,10,16H,2-4,6,8-9H2,1H3. The van der Waals surface area contributed by atoms with Gasteiger partial charge in [0.15, 0.2) is 5.82 Å². The highest BCUT2D eigenvalue weighted by atomic mass is 16.3. The van der Waals surface area contributed by atoms with E-state index in [1.54, 1.807) is 24.0 Å². The SMILES string of the molecule is Cn1ccnc(N2CCCC(CCO)C2)c1=O. The molecule has 0 saturated carbocycles. The van der Waals surface area contributed by atoms with E-state index < -0.39 is 0 Å². The van der Waals surface area contributed by atoms with Gasteiger partial charge in [-0.2, -0.15) is 0 Å². The number of aliphatic hydroxyl groups is 1. The number of hydrogen-bond donors (Lipinski definition) is 1. The van der Waals surface area contributed by atoms with Crippen LogP contribution in [-0.4, -0.2) is 34.4 Å². The highest BCUT2D eigenvalue weighted by molar-refractivity contribution is 5.36. The van der Waals surface area contributed by atoms with Crippen LogP contribution in [0.5, 0.6) is 0 Å². The molecule has 0 spiro atoms. The van der Waals surface area contributed by atoms with Crippen LogP contribution in [0.4, 0.5) is 5.82 Å². The highest BCUT2D eigenvalue weighted by Crippen LogP contribution is 2.21. The molecule has 94 valence electrons. The number of hydrogen-bond acceptors (Lipinski definition) is 4. The van der Waals surface area contributed by atoms with E-state index in [1.165, 1.54) is 0 Å². The molecule has 1 atom stereocenters. The summed E-state index contributed by atoms with van der Waals surface area (Å²) in [7, 11) is 1.74. The smallest absolute Gasteiger partial charge is 0.293 e. The maximum atomic E-state index is 11.9. The number of anilines is 1. The molecule has 1 fully saturated rings. The van der Waals surface area contributed by atoms with E-state index >= 15 is 0 Å². The number of aromatic nitrogens is 2. The van der Waals surface area contributed by atoms with Crippen molar-refractivity contribution in [3.63, 3.8) is 0 Å². The molecule has 0 aromatic carbocycles. The van der Waals surface area contributed by atoms with Gasteiger partial charge in [0.05, 0.1) is 0 Å². The Morgan fingerprint density at radius 1 is 1.59 bits per heavy atom. The summed E-state index contributed by atoms with van der Waals surface area (Å²) in [5.41, 5.74) is -0.0443. The lowest BCUT2D eigenvalue weighted by atomic mass is 9.95. The number of aryl methyl sites for hydroxylation is 1. The predicted molar refractivity (Wildman–Crippen MR) is 66.1 cm³/mol. The molecule has 0 aliphatic carbocycles. The fourth-order valence-corrected chi connectivity index (χ4v) is 2.38. The summed E-state index contributed by atoms with van der Waals surface area (Å²) >= 11 is 0. The summed E-state index contributed by atoms with van der Waals surface area (Å²) in [5.74, 6) is 1.01. The van der Waals surface area contributed by atoms with Crippen LogP contribution in [0.15, 0.2) is 17.2 Å². The van der Waals surface area contributed by atoms with Crippen molar-refractivity contribution in [1.82, 2.24) is 9.55 Å². The minimum atomic E-state index is -0.0443. The monoisotopic (exact) mass is 237 g/mol. The molecule has 0 amide bonds. The first kappa shape index (κ1) is 12.1. The predicted octanol–water partition coefficient (Wildman–Crippen LogP) is 0.379. The van der Waals surface area contributed by atoms with Crippen molar-refractivity contribution in [2.24, 2.45) is 13.0 Å². The Morgan fingerprint density at radius 2 is 2.41 bits per heavy atom. The van der Waals surface area contributed by atoms with Crippen molar-refractivity contribution in [2.75, 3.05) is 24.6 Å². The molecule has 0 radical (unpaired) electrons. The van der Waals surface area contributed by atoms with Gasteiger partial charge in [-0.15, -0.1) is 0 Å². The Morgan fingerprint density at radius 3 is 3.18 bits per heavy atom. The third-order valence-electron chi connectivity index (χ3n) is 3.35. The van der Waals surface area contributed by atoms with Crippen LogP contribution < -0.4 is 10.5 Å². The minimum absolute atomic E-state index is 0.0443. The minimum Gasteiger partial charge on any atom is -0.396 e. The highest BCUT2D eigenvalue weighted by Gasteiger charge is 2.22. The summed E-state index contributed by atoms with van der Waals surface area (Å²) in [6, 6.07) is 0. The van der Waals surface area contributed by atoms with E-state index in [0.717, 1.165) is 32.4 Å². The topological polar surface area (TPSA) is 58.4 Å². The molecule has 0 bridgehead atoms. The largest absolute Gasteiger partial charge is 0.396 e. The average Bonchev–Trinajstić information content (AvgIpc) is 2.33. The average molecular weight is 237 g/mol. The molecule has 2 heterocycles. The molecular formula is C12H19N3O2. The van der Waals surface area contributed by atoms with Gasteiger partial charge in [0.2, 0.25) is 0 Å². The van der Waals surface area contributed by atoms with Crippen molar-refractivity contribution in [1.29, 1.82) is 0 Å². The first-order chi connectivity index (χ1) is 8.22. The molecule has 17 heavy (non-hydrogen) atoms. The number of rotatable bonds is 3. The van der Waals surface area contributed by atoms with Gasteiger partial charge in [-0.25, -0.2) is 4.98 Å². The van der Waals surface area contributed by atoms with Crippen LogP contribution in [0, 0.1) is 5.92 Å². The molecule has 1 N–H and O–H groups in total. The summed E-state index contributed by atoms with van der Waals surface area (Å²) < 4.78 is 1.55. The van der Waals surface area contributed by atoms with Gasteiger partial charge in [0, 0.05) is 39.1 Å². The van der Waals surface area contributed by atoms with Crippen molar-refractivity contribution in [3.05, 3.63) is 22.7 Å². The lowest BCUT2D eigenvalue weighted by Crippen LogP contribution is -2.40. The van der Waals surface area contributed by atoms with Crippen molar-refractivity contribution < 1.29 is 5.11 Å². The maximum Gasteiger partial charge on any atom is 0.293 e. The van der Waals surface area contributed by atoms with Gasteiger partial charge in [-0.05, 0) is 25.2 Å². The third kappa shape index (κ3) is 2.66. The summed E-state index contributed by atoms with van der Waals surface area (Å²) in [4.78, 5) is 18.2. The van der Waals surface area contributed by atoms with Crippen LogP contribution >= 0.6 is 0 Å². The molecule has 1 unspecified atom stereocenters. The Bertz CT molecular complexity index is 428. The van der Waals surface area contributed by atoms with Gasteiger partial charge in [-0.3, -0.25) is 4.79 Å². The zero-order valence-corrected chi connectivity index (χ0v) is 10.2. The van der Waals surface area contributed by atoms with Crippen LogP contribution in [0.25, 0.3) is 0 Å². The molecule has 5 nitrogen and oxygen atoms in total. The van der Waals surface area contributed by atoms with Gasteiger partial charge in [-0.1, -0.05) is 0 Å². The summed E-state index contributed by atoms with van der Waals surface area (Å²) in [5, 5.41) is 8.97. The van der Waals surface area contributed by atoms with Crippen molar-refractivity contribution in [2.45, 2.75) is 19.3 Å². The van der Waals surface area contributed by atoms with E-state index in [-0.39, 0.29) is 12.2 Å². The van der Waals surface area contributed by atoms with Gasteiger partial charge in [0.25, 0.3) is 5.56 Å². The molecule has 1 saturated heterocycles. The summed E-state index contributed by atoms with van der Waals surface area (Å²) in [6.45, 7) is 1.93. The Kier molecular flexibility index (Phi) is 3.78. The molecule has 1 aliphatic heterocycles. The fourth-order valence-electron chi connectivity index (χ4n) is 2.38. The van der Waals surface area contributed by atoms with Gasteiger partial charge < -0.3 is 14.6 Å². The number of nitrogens with zero attached hydrogens (tertiary/aromatic N) is 3. The van der Waals surface area contributed by atoms with Crippen LogP contribution in [0.3, 0.4) is 0 Å². The molecule has 1 aliphatic rings. The van der Waals surface area contributed by atoms with E-state index in [4.69, 9.17) is 5.11 Å². The molecule has 1 aromatic heterocycles. The molecule has 2 rings (SSSR count). The maximum absolute atomic E-state index is 11.9. The van der Waals surface area contributed by atoms with E-state index in [9.17, 15) is 4.79 Å². The normalized spacial score (nSPS) is 20.6. The Balaban J connectivity index is 2.16. The van der Waals surface area contributed by atoms with E-state index in [0.29, 0.717) is 11.7 Å². The summed E-state index contributed by atoms with van der Waals surface area (Å²) in [6.07, 6.45) is 6.33. The van der Waals surface area contributed by atoms with Crippen LogP contribution in [0.2, 0.25) is 0 Å². The van der Waals surface area contributed by atoms with Crippen LogP contribution in [-0.2, 0) is 7.05 Å². The second-order valence-electron chi connectivity index (χ2n) is 4.63. The Hall–Kier alpha value is -1.36. The van der Waals surface area contributed by atoms with Gasteiger partial charge in [0.1, 0.15) is 0 Å². The van der Waals surface area contributed by atoms with E-state index in [2.05, 4.69) is 4.98 Å². The number of aliphatic hydroxyl groups excluding tert-OH is 1. The molecule has 5 heteroatoms. The molecular weight excluding hydrogens is 218 g/mol. The second kappa shape index (κ2) is 5.31. The third-order valence-corrected chi connectivity index (χ3v) is 3.35. The first-order valence-corrected chi connectivity index (χ1v) is 6.10. The second-order valence-corrected chi connectivity index (χ2v) is 4.63. The Labute approximate surface area is 101 Å². The zero-order valence-electron chi connectivity index (χ0n) is 10.2. The zero-order chi connectivity index (χ0) is 12.3. The fraction of sp³-hybridized carbons (Fsp3) is 0.667. The number of piperidine rings is 1. The lowest BCUT2D eigenvalue weighted by molar-refractivity contribution is 0.244. The van der Waals surface area contributed by atoms with Crippen molar-refractivity contribution in [3.8, 4) is 0 Å². The lowest BCUT2D eigenvalue weighted by Gasteiger charge is -2.32. The quantitative estimate of drug-likeness (QED) is 0.825. The van der Waals surface area contributed by atoms with Crippen LogP contribution in [0.1, 0.15) is 19.3 Å². The molecule has 1 aromatic rings. The first-order valence-electron chi connectivity index (χ1n) is 6.10. The van der Waals surface area contributed by atoms with E-state index in [1.807, 2.05) is 4.90 Å². The van der Waals surface area contributed by atoms with Gasteiger partial charge >= 0.3 is 0 Å².